The number of rotatable bonds is 11. The van der Waals surface area contributed by atoms with Gasteiger partial charge in [0, 0.05) is 6.42 Å². The van der Waals surface area contributed by atoms with Gasteiger partial charge in [0.15, 0.2) is 5.78 Å². The fourth-order valence-electron chi connectivity index (χ4n) is 4.98. The lowest BCUT2D eigenvalue weighted by Crippen LogP contribution is -2.67. The van der Waals surface area contributed by atoms with Gasteiger partial charge in [-0.3, -0.25) is 4.79 Å². The molecule has 0 saturated carbocycles. The van der Waals surface area contributed by atoms with Crippen LogP contribution in [-0.2, 0) is 9.53 Å². The highest BCUT2D eigenvalue weighted by Crippen LogP contribution is 2.42. The highest BCUT2D eigenvalue weighted by molar-refractivity contribution is 6.08. The van der Waals surface area contributed by atoms with Gasteiger partial charge in [-0.05, 0) is 62.1 Å². The second kappa shape index (κ2) is 11.7. The molecular weight excluding hydrogens is 500 g/mol. The van der Waals surface area contributed by atoms with Gasteiger partial charge in [0.1, 0.15) is 41.7 Å². The molecule has 6 atom stereocenters. The number of phenolic OH excluding ortho intramolecular Hbond substituents is 1. The maximum atomic E-state index is 12.2. The normalized spacial score (nSPS) is 26.2. The largest absolute Gasteiger partial charge is 0.506 e. The number of benzene rings is 2. The van der Waals surface area contributed by atoms with Gasteiger partial charge in [-0.2, -0.15) is 0 Å². The number of fused-ring (bicyclic) bond motifs is 1. The number of aliphatic hydroxyl groups excluding tert-OH is 3. The summed E-state index contributed by atoms with van der Waals surface area (Å²) in [5.74, 6) is -2.44. The SMILES string of the molecule is CC(=O)c1c(C)cc2cc(C(=O)O)cc(O[C@H]3O[C@H](CO)[C@](O)(CC[C@H](C)CCC=O)[C@H](O)[C@H]3O)c2c1O. The van der Waals surface area contributed by atoms with E-state index in [1.807, 2.05) is 6.92 Å². The van der Waals surface area contributed by atoms with Crippen LogP contribution >= 0.6 is 0 Å². The standard InChI is InChI=1S/C27H34O11/c1-13(5-4-8-28)6-7-27(36)19(12-29)38-26(23(32)24(27)33)37-18-11-17(25(34)35)10-16-9-14(2)20(15(3)30)22(31)21(16)18/h8-11,13,19,23-24,26,29,31-33,36H,4-7,12H2,1-3H3,(H,34,35)/t13-,19-,23-,24-,26+,27-/m1/s1. The molecule has 2 aromatic rings. The van der Waals surface area contributed by atoms with Gasteiger partial charge in [0.2, 0.25) is 6.29 Å². The number of aldehydes is 1. The molecule has 3 rings (SSSR count). The van der Waals surface area contributed by atoms with E-state index in [4.69, 9.17) is 9.47 Å². The second-order valence-corrected chi connectivity index (χ2v) is 9.96. The molecule has 0 spiro atoms. The predicted molar refractivity (Wildman–Crippen MR) is 134 cm³/mol. The third-order valence-electron chi connectivity index (χ3n) is 7.17. The van der Waals surface area contributed by atoms with Crippen LogP contribution in [0.2, 0.25) is 0 Å². The number of ketones is 1. The van der Waals surface area contributed by atoms with E-state index in [-0.39, 0.29) is 40.0 Å². The summed E-state index contributed by atoms with van der Waals surface area (Å²) in [6.45, 7) is 3.97. The number of carboxylic acids is 1. The molecular formula is C27H34O11. The molecule has 1 fully saturated rings. The van der Waals surface area contributed by atoms with Crippen molar-refractivity contribution in [2.24, 2.45) is 5.92 Å². The monoisotopic (exact) mass is 534 g/mol. The molecule has 38 heavy (non-hydrogen) atoms. The Bertz CT molecular complexity index is 1210. The van der Waals surface area contributed by atoms with E-state index in [9.17, 15) is 45.0 Å². The van der Waals surface area contributed by atoms with E-state index in [0.717, 1.165) is 12.4 Å². The molecule has 0 radical (unpaired) electrons. The molecule has 0 unspecified atom stereocenters. The number of phenols is 1. The maximum Gasteiger partial charge on any atom is 0.335 e. The highest BCUT2D eigenvalue weighted by Gasteiger charge is 2.55. The number of Topliss-reactive ketones (excluding diaryl/α,β-unsaturated/α-hetero) is 1. The fraction of sp³-hybridized carbons (Fsp3) is 0.519. The second-order valence-electron chi connectivity index (χ2n) is 9.96. The number of aliphatic hydroxyl groups is 4. The van der Waals surface area contributed by atoms with Crippen LogP contribution in [0.25, 0.3) is 10.8 Å². The Morgan fingerprint density at radius 2 is 1.89 bits per heavy atom. The molecule has 6 N–H and O–H groups in total. The van der Waals surface area contributed by atoms with Crippen LogP contribution in [0.3, 0.4) is 0 Å². The van der Waals surface area contributed by atoms with Crippen LogP contribution in [-0.4, -0.2) is 85.5 Å². The average molecular weight is 535 g/mol. The lowest BCUT2D eigenvalue weighted by atomic mass is 9.79. The van der Waals surface area contributed by atoms with Crippen LogP contribution in [0.4, 0.5) is 0 Å². The summed E-state index contributed by atoms with van der Waals surface area (Å²) in [6.07, 6.45) is -4.73. The van der Waals surface area contributed by atoms with E-state index in [0.29, 0.717) is 24.8 Å². The molecule has 1 aliphatic heterocycles. The third kappa shape index (κ3) is 5.67. The summed E-state index contributed by atoms with van der Waals surface area (Å²) in [7, 11) is 0. The Labute approximate surface area is 219 Å². The third-order valence-corrected chi connectivity index (χ3v) is 7.17. The van der Waals surface area contributed by atoms with Gasteiger partial charge in [-0.25, -0.2) is 4.79 Å². The molecule has 2 aromatic carbocycles. The molecule has 1 heterocycles. The van der Waals surface area contributed by atoms with Gasteiger partial charge < -0.3 is 44.9 Å². The first-order chi connectivity index (χ1) is 17.8. The molecule has 0 bridgehead atoms. The van der Waals surface area contributed by atoms with E-state index < -0.39 is 54.3 Å². The van der Waals surface area contributed by atoms with E-state index in [2.05, 4.69) is 0 Å². The number of carboxylic acid groups (broad SMARTS) is 1. The summed E-state index contributed by atoms with van der Waals surface area (Å²) < 4.78 is 11.4. The molecule has 0 amide bonds. The van der Waals surface area contributed by atoms with Gasteiger partial charge in [-0.1, -0.05) is 13.0 Å². The predicted octanol–water partition coefficient (Wildman–Crippen LogP) is 1.70. The van der Waals surface area contributed by atoms with Crippen molar-refractivity contribution in [1.29, 1.82) is 0 Å². The zero-order valence-corrected chi connectivity index (χ0v) is 21.5. The maximum absolute atomic E-state index is 12.2. The number of aryl methyl sites for hydroxylation is 1. The van der Waals surface area contributed by atoms with Crippen LogP contribution in [0, 0.1) is 12.8 Å². The van der Waals surface area contributed by atoms with E-state index in [1.54, 1.807) is 6.92 Å². The first-order valence-corrected chi connectivity index (χ1v) is 12.3. The average Bonchev–Trinajstić information content (AvgIpc) is 2.85. The van der Waals surface area contributed by atoms with Gasteiger partial charge >= 0.3 is 5.97 Å². The van der Waals surface area contributed by atoms with Crippen molar-refractivity contribution in [1.82, 2.24) is 0 Å². The van der Waals surface area contributed by atoms with Crippen molar-refractivity contribution < 1.29 is 54.5 Å². The molecule has 208 valence electrons. The van der Waals surface area contributed by atoms with Crippen molar-refractivity contribution in [3.63, 3.8) is 0 Å². The minimum absolute atomic E-state index is 0.00174. The fourth-order valence-corrected chi connectivity index (χ4v) is 4.98. The summed E-state index contributed by atoms with van der Waals surface area (Å²) in [6, 6.07) is 3.88. The lowest BCUT2D eigenvalue weighted by Gasteiger charge is -2.48. The van der Waals surface area contributed by atoms with Gasteiger partial charge in [0.25, 0.3) is 0 Å². The quantitative estimate of drug-likeness (QED) is 0.182. The van der Waals surface area contributed by atoms with Crippen LogP contribution in [0.5, 0.6) is 11.5 Å². The Balaban J connectivity index is 1.99. The Hall–Kier alpha value is -3.09. The molecule has 0 aromatic heterocycles. The minimum Gasteiger partial charge on any atom is -0.506 e. The first kappa shape index (κ1) is 29.5. The number of hydrogen-bond donors (Lipinski definition) is 6. The molecule has 0 aliphatic carbocycles. The summed E-state index contributed by atoms with van der Waals surface area (Å²) in [5, 5.41) is 63.6. The zero-order chi connectivity index (χ0) is 28.4. The van der Waals surface area contributed by atoms with Gasteiger partial charge in [0.05, 0.1) is 23.1 Å². The van der Waals surface area contributed by atoms with Crippen LogP contribution in [0.1, 0.15) is 65.8 Å². The highest BCUT2D eigenvalue weighted by atomic mass is 16.7. The molecule has 11 nitrogen and oxygen atoms in total. The Morgan fingerprint density at radius 3 is 2.47 bits per heavy atom. The molecule has 1 aliphatic rings. The number of hydrogen-bond acceptors (Lipinski definition) is 10. The van der Waals surface area contributed by atoms with Crippen LogP contribution < -0.4 is 4.74 Å². The summed E-state index contributed by atoms with van der Waals surface area (Å²) in [5.41, 5.74) is -1.85. The van der Waals surface area contributed by atoms with E-state index >= 15 is 0 Å². The minimum atomic E-state index is -2.05. The number of carbonyl (C=O) groups is 3. The molecule has 11 heteroatoms. The number of carbonyl (C=O) groups excluding carboxylic acids is 2. The van der Waals surface area contributed by atoms with Crippen molar-refractivity contribution >= 4 is 28.8 Å². The number of ether oxygens (including phenoxy) is 2. The van der Waals surface area contributed by atoms with Crippen molar-refractivity contribution in [3.05, 3.63) is 34.9 Å². The van der Waals surface area contributed by atoms with E-state index in [1.165, 1.54) is 19.1 Å². The topological polar surface area (TPSA) is 191 Å². The number of aromatic hydroxyl groups is 1. The lowest BCUT2D eigenvalue weighted by molar-refractivity contribution is -0.315. The first-order valence-electron chi connectivity index (χ1n) is 12.3. The molecule has 1 saturated heterocycles. The van der Waals surface area contributed by atoms with Crippen molar-refractivity contribution in [3.8, 4) is 11.5 Å². The van der Waals surface area contributed by atoms with Crippen molar-refractivity contribution in [2.75, 3.05) is 6.61 Å². The zero-order valence-electron chi connectivity index (χ0n) is 21.5. The smallest absolute Gasteiger partial charge is 0.335 e. The Kier molecular flexibility index (Phi) is 9.11. The Morgan fingerprint density at radius 1 is 1.21 bits per heavy atom. The number of aromatic carboxylic acids is 1. The van der Waals surface area contributed by atoms with Crippen molar-refractivity contribution in [2.45, 2.75) is 76.7 Å². The van der Waals surface area contributed by atoms with Crippen LogP contribution in [0.15, 0.2) is 18.2 Å². The van der Waals surface area contributed by atoms with Gasteiger partial charge in [-0.15, -0.1) is 0 Å². The summed E-state index contributed by atoms with van der Waals surface area (Å²) >= 11 is 0. The summed E-state index contributed by atoms with van der Waals surface area (Å²) in [4.78, 5) is 34.5.